The molecule has 9 nitrogen and oxygen atoms in total. The van der Waals surface area contributed by atoms with E-state index in [0.717, 1.165) is 0 Å². The zero-order valence-corrected chi connectivity index (χ0v) is 18.1. The molecule has 0 spiro atoms. The van der Waals surface area contributed by atoms with E-state index in [9.17, 15) is 14.7 Å². The molecule has 1 aromatic carbocycles. The number of halogens is 2. The Morgan fingerprint density at radius 2 is 1.78 bits per heavy atom. The number of carbonyl (C=O) groups is 2. The highest BCUT2D eigenvalue weighted by molar-refractivity contribution is 6.31. The van der Waals surface area contributed by atoms with Crippen molar-refractivity contribution in [2.45, 2.75) is 12.5 Å². The number of aliphatic hydroxyl groups excluding tert-OH is 1. The molecule has 3 N–H and O–H groups in total. The minimum Gasteiger partial charge on any atom is -0.391 e. The van der Waals surface area contributed by atoms with Crippen molar-refractivity contribution in [1.82, 2.24) is 15.0 Å². The van der Waals surface area contributed by atoms with Gasteiger partial charge in [0.25, 0.3) is 11.8 Å². The Morgan fingerprint density at radius 3 is 2.44 bits per heavy atom. The monoisotopic (exact) mass is 472 g/mol. The molecule has 1 saturated heterocycles. The highest BCUT2D eigenvalue weighted by atomic mass is 35.5. The number of hydrogen-bond donors (Lipinski definition) is 3. The molecule has 32 heavy (non-hydrogen) atoms. The molecular weight excluding hydrogens is 455 g/mol. The predicted octanol–water partition coefficient (Wildman–Crippen LogP) is 3.25. The number of aliphatic hydroxyl groups is 1. The Labute approximate surface area is 193 Å². The second-order valence-electron chi connectivity index (χ2n) is 7.11. The van der Waals surface area contributed by atoms with Gasteiger partial charge < -0.3 is 20.6 Å². The van der Waals surface area contributed by atoms with Gasteiger partial charge in [0.1, 0.15) is 17.3 Å². The van der Waals surface area contributed by atoms with Gasteiger partial charge in [-0.05, 0) is 36.8 Å². The molecule has 2 aromatic heterocycles. The van der Waals surface area contributed by atoms with E-state index in [-0.39, 0.29) is 16.9 Å². The number of aromatic nitrogens is 3. The lowest BCUT2D eigenvalue weighted by Gasteiger charge is -2.16. The fraction of sp³-hybridized carbons (Fsp3) is 0.190. The summed E-state index contributed by atoms with van der Waals surface area (Å²) in [5, 5.41) is 15.7. The summed E-state index contributed by atoms with van der Waals surface area (Å²) in [5.41, 5.74) is 0.479. The van der Waals surface area contributed by atoms with Crippen LogP contribution in [0.5, 0.6) is 0 Å². The summed E-state index contributed by atoms with van der Waals surface area (Å²) >= 11 is 11.9. The first kappa shape index (κ1) is 21.9. The molecule has 0 bridgehead atoms. The Kier molecular flexibility index (Phi) is 6.50. The van der Waals surface area contributed by atoms with E-state index < -0.39 is 17.9 Å². The third-order valence-corrected chi connectivity index (χ3v) is 5.26. The molecule has 4 rings (SSSR count). The smallest absolute Gasteiger partial charge is 0.275 e. The van der Waals surface area contributed by atoms with Crippen LogP contribution < -0.4 is 15.5 Å². The highest BCUT2D eigenvalue weighted by Gasteiger charge is 2.22. The van der Waals surface area contributed by atoms with Crippen molar-refractivity contribution in [1.29, 1.82) is 0 Å². The summed E-state index contributed by atoms with van der Waals surface area (Å²) in [7, 11) is 0. The number of hydrogen-bond acceptors (Lipinski definition) is 7. The van der Waals surface area contributed by atoms with Crippen molar-refractivity contribution in [3.05, 3.63) is 70.2 Å². The lowest BCUT2D eigenvalue weighted by molar-refractivity contribution is 0.102. The molecule has 0 saturated carbocycles. The molecule has 1 aliphatic heterocycles. The average Bonchev–Trinajstić information content (AvgIpc) is 3.23. The second kappa shape index (κ2) is 9.47. The SMILES string of the molecule is O=C(Nc1ccc(Cl)cc1C(=O)Nc1ccc(Cl)cn1)c1cnc(N2CCC(O)C2)cn1. The molecule has 1 unspecified atom stereocenters. The summed E-state index contributed by atoms with van der Waals surface area (Å²) < 4.78 is 0. The first-order valence-corrected chi connectivity index (χ1v) is 10.4. The number of nitrogens with one attached hydrogen (secondary N) is 2. The minimum absolute atomic E-state index is 0.0779. The van der Waals surface area contributed by atoms with Crippen LogP contribution in [-0.4, -0.2) is 51.1 Å². The van der Waals surface area contributed by atoms with Gasteiger partial charge in [0.15, 0.2) is 0 Å². The largest absolute Gasteiger partial charge is 0.391 e. The van der Waals surface area contributed by atoms with E-state index in [1.54, 1.807) is 18.2 Å². The Balaban J connectivity index is 1.49. The first-order valence-electron chi connectivity index (χ1n) is 9.68. The Hall–Kier alpha value is -3.27. The topological polar surface area (TPSA) is 120 Å². The number of nitrogens with zero attached hydrogens (tertiary/aromatic N) is 4. The van der Waals surface area contributed by atoms with Crippen LogP contribution >= 0.6 is 23.2 Å². The molecular formula is C21H18Cl2N6O3. The van der Waals surface area contributed by atoms with Crippen molar-refractivity contribution in [2.75, 3.05) is 28.6 Å². The highest BCUT2D eigenvalue weighted by Crippen LogP contribution is 2.23. The van der Waals surface area contributed by atoms with Gasteiger partial charge in [0.05, 0.1) is 34.8 Å². The maximum absolute atomic E-state index is 12.8. The molecule has 164 valence electrons. The fourth-order valence-corrected chi connectivity index (χ4v) is 3.47. The maximum atomic E-state index is 12.8. The van der Waals surface area contributed by atoms with Gasteiger partial charge in [-0.1, -0.05) is 23.2 Å². The summed E-state index contributed by atoms with van der Waals surface area (Å²) in [6.07, 6.45) is 4.51. The average molecular weight is 473 g/mol. The number of benzene rings is 1. The number of rotatable bonds is 5. The molecule has 3 aromatic rings. The number of carbonyl (C=O) groups excluding carboxylic acids is 2. The Morgan fingerprint density at radius 1 is 0.969 bits per heavy atom. The number of pyridine rings is 1. The van der Waals surface area contributed by atoms with Crippen molar-refractivity contribution in [3.63, 3.8) is 0 Å². The fourth-order valence-electron chi connectivity index (χ4n) is 3.18. The van der Waals surface area contributed by atoms with E-state index >= 15 is 0 Å². The zero-order valence-electron chi connectivity index (χ0n) is 16.6. The van der Waals surface area contributed by atoms with E-state index in [2.05, 4.69) is 25.6 Å². The third kappa shape index (κ3) is 5.13. The van der Waals surface area contributed by atoms with Gasteiger partial charge in [-0.15, -0.1) is 0 Å². The lowest BCUT2D eigenvalue weighted by atomic mass is 10.1. The zero-order chi connectivity index (χ0) is 22.7. The van der Waals surface area contributed by atoms with Crippen LogP contribution in [0.15, 0.2) is 48.9 Å². The quantitative estimate of drug-likeness (QED) is 0.520. The molecule has 0 aliphatic carbocycles. The summed E-state index contributed by atoms with van der Waals surface area (Å²) in [6.45, 7) is 1.15. The molecule has 1 atom stereocenters. The van der Waals surface area contributed by atoms with Crippen molar-refractivity contribution < 1.29 is 14.7 Å². The van der Waals surface area contributed by atoms with Crippen molar-refractivity contribution >= 4 is 52.3 Å². The lowest BCUT2D eigenvalue weighted by Crippen LogP contribution is -2.23. The van der Waals surface area contributed by atoms with Gasteiger partial charge >= 0.3 is 0 Å². The van der Waals surface area contributed by atoms with Crippen LogP contribution in [-0.2, 0) is 0 Å². The van der Waals surface area contributed by atoms with Gasteiger partial charge in [0.2, 0.25) is 0 Å². The van der Waals surface area contributed by atoms with Gasteiger partial charge in [0, 0.05) is 24.3 Å². The van der Waals surface area contributed by atoms with Crippen molar-refractivity contribution in [3.8, 4) is 0 Å². The predicted molar refractivity (Wildman–Crippen MR) is 121 cm³/mol. The van der Waals surface area contributed by atoms with Crippen molar-refractivity contribution in [2.24, 2.45) is 0 Å². The summed E-state index contributed by atoms with van der Waals surface area (Å²) in [6, 6.07) is 7.67. The molecule has 3 heterocycles. The van der Waals surface area contributed by atoms with Gasteiger partial charge in [-0.2, -0.15) is 0 Å². The third-order valence-electron chi connectivity index (χ3n) is 4.80. The normalized spacial score (nSPS) is 15.5. The van der Waals surface area contributed by atoms with Crippen LogP contribution in [0.2, 0.25) is 10.0 Å². The van der Waals surface area contributed by atoms with Crippen LogP contribution in [0, 0.1) is 0 Å². The number of β-amino-alcohol motifs (C(OH)–C–C–N with tert-alkyl or cyclic N) is 1. The minimum atomic E-state index is -0.536. The summed E-state index contributed by atoms with van der Waals surface area (Å²) in [5.74, 6) is -0.164. The van der Waals surface area contributed by atoms with Gasteiger partial charge in [-0.25, -0.2) is 15.0 Å². The van der Waals surface area contributed by atoms with E-state index in [1.165, 1.54) is 30.7 Å². The first-order chi connectivity index (χ1) is 15.4. The van der Waals surface area contributed by atoms with Crippen LogP contribution in [0.1, 0.15) is 27.3 Å². The maximum Gasteiger partial charge on any atom is 0.275 e. The Bertz CT molecular complexity index is 1140. The van der Waals surface area contributed by atoms with E-state index in [0.29, 0.717) is 41.2 Å². The number of anilines is 3. The molecule has 2 amide bonds. The number of amides is 2. The molecule has 0 radical (unpaired) electrons. The van der Waals surface area contributed by atoms with E-state index in [1.807, 2.05) is 4.90 Å². The molecule has 11 heteroatoms. The van der Waals surface area contributed by atoms with E-state index in [4.69, 9.17) is 23.2 Å². The summed E-state index contributed by atoms with van der Waals surface area (Å²) in [4.78, 5) is 39.8. The van der Waals surface area contributed by atoms with Gasteiger partial charge in [-0.3, -0.25) is 9.59 Å². The second-order valence-corrected chi connectivity index (χ2v) is 7.98. The molecule has 1 aliphatic rings. The van der Waals surface area contributed by atoms with Crippen LogP contribution in [0.3, 0.4) is 0 Å². The standard InChI is InChI=1S/C21H18Cl2N6O3/c22-12-1-3-16(15(7-12)20(31)28-18-4-2-13(23)8-25-18)27-21(32)17-9-26-19(10-24-17)29-6-5-14(30)11-29/h1-4,7-10,14,30H,5-6,11H2,(H,27,32)(H,25,28,31). The van der Waals surface area contributed by atoms with Crippen LogP contribution in [0.4, 0.5) is 17.3 Å². The molecule has 1 fully saturated rings. The van der Waals surface area contributed by atoms with Crippen LogP contribution in [0.25, 0.3) is 0 Å².